The first-order chi connectivity index (χ1) is 11.6. The van der Waals surface area contributed by atoms with Crippen LogP contribution in [0.1, 0.15) is 32.3 Å². The van der Waals surface area contributed by atoms with Crippen LogP contribution in [0, 0.1) is 0 Å². The van der Waals surface area contributed by atoms with Gasteiger partial charge in [-0.1, -0.05) is 30.3 Å². The quantitative estimate of drug-likeness (QED) is 0.643. The predicted octanol–water partition coefficient (Wildman–Crippen LogP) is 1.36. The Kier molecular flexibility index (Phi) is 6.42. The van der Waals surface area contributed by atoms with Crippen molar-refractivity contribution in [3.05, 3.63) is 35.9 Å². The number of benzene rings is 1. The zero-order chi connectivity index (χ0) is 18.5. The second-order valence-corrected chi connectivity index (χ2v) is 8.96. The fraction of sp³-hybridized carbons (Fsp3) is 0.588. The molecule has 1 aromatic carbocycles. The Balaban J connectivity index is 1.61. The van der Waals surface area contributed by atoms with Crippen LogP contribution in [0.4, 0.5) is 4.79 Å². The third-order valence-electron chi connectivity index (χ3n) is 3.97. The number of hydrogen-bond acceptors (Lipinski definition) is 5. The van der Waals surface area contributed by atoms with Crippen LogP contribution in [0.5, 0.6) is 0 Å². The normalized spacial score (nSPS) is 20.6. The van der Waals surface area contributed by atoms with E-state index < -0.39 is 21.7 Å². The highest BCUT2D eigenvalue weighted by Crippen LogP contribution is 2.20. The van der Waals surface area contributed by atoms with Crippen LogP contribution >= 0.6 is 0 Å². The van der Waals surface area contributed by atoms with Gasteiger partial charge >= 0.3 is 6.09 Å². The molecule has 0 heterocycles. The van der Waals surface area contributed by atoms with E-state index in [2.05, 4.69) is 15.4 Å². The van der Waals surface area contributed by atoms with E-state index in [0.717, 1.165) is 24.7 Å². The maximum absolute atomic E-state index is 11.8. The summed E-state index contributed by atoms with van der Waals surface area (Å²) in [7, 11) is -3.24. The van der Waals surface area contributed by atoms with Gasteiger partial charge in [0.05, 0.1) is 6.26 Å². The van der Waals surface area contributed by atoms with Gasteiger partial charge in [0.25, 0.3) is 0 Å². The third kappa shape index (κ3) is 7.41. The van der Waals surface area contributed by atoms with Crippen molar-refractivity contribution in [2.24, 2.45) is 0 Å². The highest BCUT2D eigenvalue weighted by Gasteiger charge is 2.32. The molecular formula is C17H27N3O4S. The summed E-state index contributed by atoms with van der Waals surface area (Å²) in [4.78, 5) is 11.8. The molecular weight excluding hydrogens is 342 g/mol. The zero-order valence-corrected chi connectivity index (χ0v) is 15.7. The first-order valence-corrected chi connectivity index (χ1v) is 10.2. The van der Waals surface area contributed by atoms with Crippen LogP contribution in [-0.4, -0.2) is 44.9 Å². The van der Waals surface area contributed by atoms with Crippen molar-refractivity contribution in [2.45, 2.75) is 50.9 Å². The Morgan fingerprint density at radius 2 is 1.84 bits per heavy atom. The number of carbonyl (C=O) groups excluding carboxylic acids is 1. The first-order valence-electron chi connectivity index (χ1n) is 8.32. The van der Waals surface area contributed by atoms with Crippen molar-refractivity contribution < 1.29 is 17.9 Å². The summed E-state index contributed by atoms with van der Waals surface area (Å²) in [6.07, 6.45) is 2.34. The van der Waals surface area contributed by atoms with Crippen molar-refractivity contribution in [3.8, 4) is 0 Å². The van der Waals surface area contributed by atoms with E-state index in [0.29, 0.717) is 6.54 Å². The smallest absolute Gasteiger partial charge is 0.407 e. The summed E-state index contributed by atoms with van der Waals surface area (Å²) in [6, 6.07) is 9.88. The van der Waals surface area contributed by atoms with Gasteiger partial charge < -0.3 is 15.4 Å². The largest absolute Gasteiger partial charge is 0.445 e. The lowest BCUT2D eigenvalue weighted by Crippen LogP contribution is -2.57. The van der Waals surface area contributed by atoms with Crippen LogP contribution in [0.3, 0.4) is 0 Å². The second-order valence-electron chi connectivity index (χ2n) is 7.21. The molecule has 0 saturated heterocycles. The molecule has 1 saturated carbocycles. The van der Waals surface area contributed by atoms with Gasteiger partial charge in [0, 0.05) is 24.2 Å². The van der Waals surface area contributed by atoms with Gasteiger partial charge in [0.2, 0.25) is 10.0 Å². The Bertz CT molecular complexity index is 670. The van der Waals surface area contributed by atoms with E-state index >= 15 is 0 Å². The minimum Gasteiger partial charge on any atom is -0.445 e. The molecule has 1 aliphatic carbocycles. The monoisotopic (exact) mass is 369 g/mol. The van der Waals surface area contributed by atoms with Crippen LogP contribution in [0.15, 0.2) is 30.3 Å². The van der Waals surface area contributed by atoms with E-state index in [-0.39, 0.29) is 18.7 Å². The molecule has 0 atom stereocenters. The predicted molar refractivity (Wildman–Crippen MR) is 96.6 cm³/mol. The number of ether oxygens (including phenoxy) is 1. The van der Waals surface area contributed by atoms with Gasteiger partial charge in [-0.2, -0.15) is 0 Å². The highest BCUT2D eigenvalue weighted by molar-refractivity contribution is 7.88. The third-order valence-corrected chi connectivity index (χ3v) is 4.89. The molecule has 3 N–H and O–H groups in total. The molecule has 7 nitrogen and oxygen atoms in total. The standard InChI is InChI=1S/C17H27N3O4S/c1-17(2,20-25(3,22)23)12-18-14-9-15(10-14)19-16(21)24-11-13-7-5-4-6-8-13/h4-8,14-15,18,20H,9-12H2,1-3H3,(H,19,21). The molecule has 1 aliphatic rings. The maximum atomic E-state index is 11.8. The number of carbonyl (C=O) groups is 1. The molecule has 25 heavy (non-hydrogen) atoms. The number of alkyl carbamates (subject to hydrolysis) is 1. The highest BCUT2D eigenvalue weighted by atomic mass is 32.2. The Hall–Kier alpha value is -1.64. The number of amides is 1. The van der Waals surface area contributed by atoms with Gasteiger partial charge in [0.1, 0.15) is 6.61 Å². The molecule has 1 amide bonds. The number of nitrogens with one attached hydrogen (secondary N) is 3. The molecule has 1 aromatic rings. The lowest BCUT2D eigenvalue weighted by Gasteiger charge is -2.38. The van der Waals surface area contributed by atoms with Crippen LogP contribution in [0.2, 0.25) is 0 Å². The number of sulfonamides is 1. The van der Waals surface area contributed by atoms with Crippen molar-refractivity contribution >= 4 is 16.1 Å². The summed E-state index contributed by atoms with van der Waals surface area (Å²) >= 11 is 0. The maximum Gasteiger partial charge on any atom is 0.407 e. The van der Waals surface area contributed by atoms with E-state index in [9.17, 15) is 13.2 Å². The summed E-state index contributed by atoms with van der Waals surface area (Å²) in [5.74, 6) is 0. The van der Waals surface area contributed by atoms with Crippen LogP contribution in [-0.2, 0) is 21.4 Å². The topological polar surface area (TPSA) is 96.5 Å². The van der Waals surface area contributed by atoms with Crippen LogP contribution in [0.25, 0.3) is 0 Å². The molecule has 0 unspecified atom stereocenters. The SMILES string of the molecule is CC(C)(CNC1CC(NC(=O)OCc2ccccc2)C1)NS(C)(=O)=O. The number of hydrogen-bond donors (Lipinski definition) is 3. The van der Waals surface area contributed by atoms with Crippen molar-refractivity contribution in [1.82, 2.24) is 15.4 Å². The first kappa shape index (κ1) is 19.7. The number of rotatable bonds is 8. The molecule has 140 valence electrons. The molecule has 1 fully saturated rings. The van der Waals surface area contributed by atoms with Crippen LogP contribution < -0.4 is 15.4 Å². The average Bonchev–Trinajstić information content (AvgIpc) is 2.46. The minimum atomic E-state index is -3.24. The van der Waals surface area contributed by atoms with E-state index in [1.165, 1.54) is 0 Å². The summed E-state index contributed by atoms with van der Waals surface area (Å²) in [5, 5.41) is 6.16. The molecule has 0 radical (unpaired) electrons. The lowest BCUT2D eigenvalue weighted by atomic mass is 9.86. The van der Waals surface area contributed by atoms with E-state index in [1.54, 1.807) is 0 Å². The van der Waals surface area contributed by atoms with E-state index in [4.69, 9.17) is 4.74 Å². The fourth-order valence-corrected chi connectivity index (χ4v) is 3.85. The van der Waals surface area contributed by atoms with Gasteiger partial charge in [-0.05, 0) is 32.3 Å². The molecule has 0 aliphatic heterocycles. The van der Waals surface area contributed by atoms with Gasteiger partial charge in [-0.15, -0.1) is 0 Å². The summed E-state index contributed by atoms with van der Waals surface area (Å²) in [5.41, 5.74) is 0.396. The van der Waals surface area contributed by atoms with Gasteiger partial charge in [-0.25, -0.2) is 17.9 Å². The minimum absolute atomic E-state index is 0.0896. The molecule has 2 rings (SSSR count). The van der Waals surface area contributed by atoms with Gasteiger partial charge in [-0.3, -0.25) is 0 Å². The van der Waals surface area contributed by atoms with Crippen molar-refractivity contribution in [3.63, 3.8) is 0 Å². The van der Waals surface area contributed by atoms with Gasteiger partial charge in [0.15, 0.2) is 0 Å². The Morgan fingerprint density at radius 1 is 1.20 bits per heavy atom. The summed E-state index contributed by atoms with van der Waals surface area (Å²) < 4.78 is 30.4. The Morgan fingerprint density at radius 3 is 2.44 bits per heavy atom. The molecule has 0 bridgehead atoms. The second kappa shape index (κ2) is 8.16. The Labute approximate surface area is 149 Å². The van der Waals surface area contributed by atoms with Crippen molar-refractivity contribution in [1.29, 1.82) is 0 Å². The molecule has 0 aromatic heterocycles. The molecule has 0 spiro atoms. The summed E-state index contributed by atoms with van der Waals surface area (Å²) in [6.45, 7) is 4.44. The van der Waals surface area contributed by atoms with E-state index in [1.807, 2.05) is 44.2 Å². The average molecular weight is 369 g/mol. The lowest BCUT2D eigenvalue weighted by molar-refractivity contribution is 0.125. The van der Waals surface area contributed by atoms with Crippen molar-refractivity contribution in [2.75, 3.05) is 12.8 Å². The zero-order valence-electron chi connectivity index (χ0n) is 14.9. The molecule has 8 heteroatoms. The fourth-order valence-electron chi connectivity index (χ4n) is 2.77.